The van der Waals surface area contributed by atoms with E-state index in [-0.39, 0.29) is 6.04 Å². The van der Waals surface area contributed by atoms with Crippen LogP contribution in [0.3, 0.4) is 0 Å². The molecule has 0 aliphatic rings. The SMILES string of the molecule is Cc1cc2ncnc([C@H](NCC(C)C)c3ccc(Oc4ccccc4)cc3)c2cc1C. The van der Waals surface area contributed by atoms with Gasteiger partial charge in [0.25, 0.3) is 0 Å². The number of hydrogen-bond acceptors (Lipinski definition) is 4. The minimum atomic E-state index is -0.0271. The van der Waals surface area contributed by atoms with Crippen LogP contribution in [0.1, 0.15) is 42.3 Å². The van der Waals surface area contributed by atoms with Gasteiger partial charge >= 0.3 is 0 Å². The summed E-state index contributed by atoms with van der Waals surface area (Å²) in [4.78, 5) is 9.23. The number of para-hydroxylation sites is 1. The van der Waals surface area contributed by atoms with Crippen LogP contribution in [0.25, 0.3) is 10.9 Å². The van der Waals surface area contributed by atoms with Gasteiger partial charge in [-0.3, -0.25) is 0 Å². The molecule has 0 bridgehead atoms. The molecule has 0 spiro atoms. The Morgan fingerprint density at radius 1 is 0.839 bits per heavy atom. The highest BCUT2D eigenvalue weighted by Gasteiger charge is 2.19. The lowest BCUT2D eigenvalue weighted by Crippen LogP contribution is -2.27. The van der Waals surface area contributed by atoms with Gasteiger partial charge in [0.2, 0.25) is 0 Å². The normalized spacial score (nSPS) is 12.3. The summed E-state index contributed by atoms with van der Waals surface area (Å²) in [6.07, 6.45) is 1.67. The Labute approximate surface area is 184 Å². The smallest absolute Gasteiger partial charge is 0.127 e. The fourth-order valence-electron chi connectivity index (χ4n) is 3.64. The van der Waals surface area contributed by atoms with E-state index in [9.17, 15) is 0 Å². The number of rotatable bonds is 7. The van der Waals surface area contributed by atoms with Crippen molar-refractivity contribution in [2.45, 2.75) is 33.7 Å². The third kappa shape index (κ3) is 4.92. The fraction of sp³-hybridized carbons (Fsp3) is 0.259. The summed E-state index contributed by atoms with van der Waals surface area (Å²) in [7, 11) is 0. The van der Waals surface area contributed by atoms with E-state index >= 15 is 0 Å². The van der Waals surface area contributed by atoms with Gasteiger partial charge in [-0.2, -0.15) is 0 Å². The van der Waals surface area contributed by atoms with Gasteiger partial charge in [-0.05, 0) is 79.4 Å². The minimum Gasteiger partial charge on any atom is -0.457 e. The zero-order valence-corrected chi connectivity index (χ0v) is 18.6. The standard InChI is InChI=1S/C27H29N3O/c1-18(2)16-28-26(27-24-14-19(3)20(4)15-25(24)29-17-30-27)21-10-12-23(13-11-21)31-22-8-6-5-7-9-22/h5-15,17-18,26,28H,16H2,1-4H3/t26-/m1/s1. The van der Waals surface area contributed by atoms with E-state index in [0.717, 1.165) is 40.2 Å². The summed E-state index contributed by atoms with van der Waals surface area (Å²) < 4.78 is 5.97. The topological polar surface area (TPSA) is 47.0 Å². The third-order valence-electron chi connectivity index (χ3n) is 5.48. The van der Waals surface area contributed by atoms with Crippen molar-refractivity contribution in [1.29, 1.82) is 0 Å². The maximum Gasteiger partial charge on any atom is 0.127 e. The number of aryl methyl sites for hydroxylation is 2. The minimum absolute atomic E-state index is 0.0271. The number of nitrogens with one attached hydrogen (secondary N) is 1. The van der Waals surface area contributed by atoms with Crippen molar-refractivity contribution in [2.75, 3.05) is 6.54 Å². The van der Waals surface area contributed by atoms with E-state index in [4.69, 9.17) is 9.72 Å². The predicted octanol–water partition coefficient (Wildman–Crippen LogP) is 6.37. The summed E-state index contributed by atoms with van der Waals surface area (Å²) >= 11 is 0. The van der Waals surface area contributed by atoms with Gasteiger partial charge in [-0.25, -0.2) is 9.97 Å². The number of nitrogens with zero attached hydrogens (tertiary/aromatic N) is 2. The lowest BCUT2D eigenvalue weighted by Gasteiger charge is -2.22. The van der Waals surface area contributed by atoms with Crippen LogP contribution in [0.5, 0.6) is 11.5 Å². The Bertz CT molecular complexity index is 1150. The van der Waals surface area contributed by atoms with Crippen LogP contribution >= 0.6 is 0 Å². The largest absolute Gasteiger partial charge is 0.457 e. The number of ether oxygens (including phenoxy) is 1. The van der Waals surface area contributed by atoms with Gasteiger partial charge in [0, 0.05) is 5.39 Å². The van der Waals surface area contributed by atoms with Crippen LogP contribution in [0.15, 0.2) is 73.1 Å². The average molecular weight is 412 g/mol. The quantitative estimate of drug-likeness (QED) is 0.384. The molecule has 1 aromatic heterocycles. The maximum atomic E-state index is 5.97. The molecule has 4 rings (SSSR count). The zero-order chi connectivity index (χ0) is 21.8. The molecule has 4 aromatic rings. The van der Waals surface area contributed by atoms with E-state index in [1.54, 1.807) is 6.33 Å². The van der Waals surface area contributed by atoms with Crippen molar-refractivity contribution in [1.82, 2.24) is 15.3 Å². The first-order valence-corrected chi connectivity index (χ1v) is 10.8. The fourth-order valence-corrected chi connectivity index (χ4v) is 3.64. The number of aromatic nitrogens is 2. The number of fused-ring (bicyclic) bond motifs is 1. The summed E-state index contributed by atoms with van der Waals surface area (Å²) in [6, 6.07) is 22.4. The molecule has 1 N–H and O–H groups in total. The second-order valence-corrected chi connectivity index (χ2v) is 8.43. The van der Waals surface area contributed by atoms with Gasteiger partial charge in [0.15, 0.2) is 0 Å². The first-order chi connectivity index (χ1) is 15.0. The zero-order valence-electron chi connectivity index (χ0n) is 18.6. The Morgan fingerprint density at radius 2 is 1.52 bits per heavy atom. The molecule has 4 nitrogen and oxygen atoms in total. The van der Waals surface area contributed by atoms with Crippen LogP contribution < -0.4 is 10.1 Å². The molecule has 4 heteroatoms. The summed E-state index contributed by atoms with van der Waals surface area (Å²) in [5.74, 6) is 2.18. The highest BCUT2D eigenvalue weighted by Crippen LogP contribution is 2.30. The number of benzene rings is 3. The molecule has 31 heavy (non-hydrogen) atoms. The molecule has 1 atom stereocenters. The third-order valence-corrected chi connectivity index (χ3v) is 5.48. The molecular weight excluding hydrogens is 382 g/mol. The van der Waals surface area contributed by atoms with Crippen LogP contribution in [-0.2, 0) is 0 Å². The Kier molecular flexibility index (Phi) is 6.28. The van der Waals surface area contributed by atoms with Crippen LogP contribution in [0.2, 0.25) is 0 Å². The van der Waals surface area contributed by atoms with Crippen molar-refractivity contribution in [3.8, 4) is 11.5 Å². The van der Waals surface area contributed by atoms with Gasteiger partial charge in [0.1, 0.15) is 17.8 Å². The first-order valence-electron chi connectivity index (χ1n) is 10.8. The van der Waals surface area contributed by atoms with E-state index < -0.39 is 0 Å². The molecule has 1 heterocycles. The Hall–Kier alpha value is -3.24. The van der Waals surface area contributed by atoms with Crippen molar-refractivity contribution < 1.29 is 4.74 Å². The van der Waals surface area contributed by atoms with Crippen molar-refractivity contribution in [3.05, 3.63) is 95.4 Å². The highest BCUT2D eigenvalue weighted by molar-refractivity contribution is 5.83. The van der Waals surface area contributed by atoms with Crippen molar-refractivity contribution >= 4 is 10.9 Å². The van der Waals surface area contributed by atoms with Crippen molar-refractivity contribution in [2.24, 2.45) is 5.92 Å². The summed E-state index contributed by atoms with van der Waals surface area (Å²) in [5, 5.41) is 4.81. The molecule has 0 amide bonds. The molecule has 0 fully saturated rings. The lowest BCUT2D eigenvalue weighted by atomic mass is 9.97. The van der Waals surface area contributed by atoms with Gasteiger partial charge in [-0.1, -0.05) is 44.2 Å². The predicted molar refractivity (Wildman–Crippen MR) is 127 cm³/mol. The van der Waals surface area contributed by atoms with E-state index in [1.807, 2.05) is 42.5 Å². The van der Waals surface area contributed by atoms with Gasteiger partial charge < -0.3 is 10.1 Å². The summed E-state index contributed by atoms with van der Waals surface area (Å²) in [5.41, 5.74) is 5.63. The van der Waals surface area contributed by atoms with E-state index in [1.165, 1.54) is 11.1 Å². The molecular formula is C27H29N3O. The second-order valence-electron chi connectivity index (χ2n) is 8.43. The van der Waals surface area contributed by atoms with E-state index in [2.05, 4.69) is 62.3 Å². The average Bonchev–Trinajstić information content (AvgIpc) is 2.76. The Balaban J connectivity index is 1.70. The Morgan fingerprint density at radius 3 is 2.23 bits per heavy atom. The molecule has 0 aliphatic heterocycles. The maximum absolute atomic E-state index is 5.97. The highest BCUT2D eigenvalue weighted by atomic mass is 16.5. The van der Waals surface area contributed by atoms with Gasteiger partial charge in [-0.15, -0.1) is 0 Å². The molecule has 0 saturated heterocycles. The summed E-state index contributed by atoms with van der Waals surface area (Å²) in [6.45, 7) is 9.58. The van der Waals surface area contributed by atoms with Crippen molar-refractivity contribution in [3.63, 3.8) is 0 Å². The molecule has 0 radical (unpaired) electrons. The molecule has 158 valence electrons. The van der Waals surface area contributed by atoms with Crippen LogP contribution in [-0.4, -0.2) is 16.5 Å². The van der Waals surface area contributed by atoms with E-state index in [0.29, 0.717) is 5.92 Å². The lowest BCUT2D eigenvalue weighted by molar-refractivity contribution is 0.481. The number of hydrogen-bond donors (Lipinski definition) is 1. The second kappa shape index (κ2) is 9.27. The first kappa shape index (κ1) is 21.0. The molecule has 0 saturated carbocycles. The van der Waals surface area contributed by atoms with Crippen LogP contribution in [0, 0.1) is 19.8 Å². The van der Waals surface area contributed by atoms with Crippen LogP contribution in [0.4, 0.5) is 0 Å². The molecule has 3 aromatic carbocycles. The monoisotopic (exact) mass is 411 g/mol. The molecule has 0 unspecified atom stereocenters. The molecule has 0 aliphatic carbocycles. The van der Waals surface area contributed by atoms with Gasteiger partial charge in [0.05, 0.1) is 17.3 Å².